The molecule has 3 rings (SSSR count). The second-order valence-electron chi connectivity index (χ2n) is 5.08. The molecule has 1 unspecified atom stereocenters. The Bertz CT molecular complexity index is 797. The first-order valence-corrected chi connectivity index (χ1v) is 7.50. The number of benzene rings is 2. The number of hydrogen-bond donors (Lipinski definition) is 1. The van der Waals surface area contributed by atoms with E-state index in [1.54, 1.807) is 13.1 Å². The first-order valence-electron chi connectivity index (χ1n) is 6.71. The molecule has 3 aromatic rings. The van der Waals surface area contributed by atoms with Crippen LogP contribution in [0, 0.1) is 12.7 Å². The molecule has 1 aromatic heterocycles. The Kier molecular flexibility index (Phi) is 3.83. The van der Waals surface area contributed by atoms with Gasteiger partial charge in [0.2, 0.25) is 0 Å². The lowest BCUT2D eigenvalue weighted by molar-refractivity contribution is 0.476. The van der Waals surface area contributed by atoms with Gasteiger partial charge >= 0.3 is 0 Å². The van der Waals surface area contributed by atoms with Crippen LogP contribution in [0.1, 0.15) is 22.9 Å². The van der Waals surface area contributed by atoms with Crippen LogP contribution in [-0.4, -0.2) is 7.05 Å². The Morgan fingerprint density at radius 1 is 1.14 bits per heavy atom. The van der Waals surface area contributed by atoms with E-state index in [-0.39, 0.29) is 11.9 Å². The van der Waals surface area contributed by atoms with Crippen molar-refractivity contribution in [2.75, 3.05) is 7.05 Å². The molecule has 2 aromatic carbocycles. The highest BCUT2D eigenvalue weighted by Gasteiger charge is 2.20. The Balaban J connectivity index is 2.09. The van der Waals surface area contributed by atoms with Crippen molar-refractivity contribution in [1.29, 1.82) is 0 Å². The monoisotopic (exact) mass is 347 g/mol. The average Bonchev–Trinajstić information content (AvgIpc) is 2.84. The van der Waals surface area contributed by atoms with Crippen molar-refractivity contribution in [3.05, 3.63) is 69.6 Å². The molecular weight excluding hydrogens is 333 g/mol. The summed E-state index contributed by atoms with van der Waals surface area (Å²) in [6, 6.07) is 12.7. The zero-order chi connectivity index (χ0) is 15.0. The first-order chi connectivity index (χ1) is 10.1. The van der Waals surface area contributed by atoms with Gasteiger partial charge in [-0.25, -0.2) is 4.39 Å². The SMILES string of the molecule is CNC(c1cc2cc(C)ccc2o1)c1ccc(Br)cc1F. The van der Waals surface area contributed by atoms with E-state index < -0.39 is 0 Å². The highest BCUT2D eigenvalue weighted by molar-refractivity contribution is 9.10. The van der Waals surface area contributed by atoms with Gasteiger partial charge in [-0.05, 0) is 44.3 Å². The van der Waals surface area contributed by atoms with Gasteiger partial charge in [-0.3, -0.25) is 0 Å². The molecule has 0 bridgehead atoms. The molecule has 0 spiro atoms. The van der Waals surface area contributed by atoms with Crippen molar-refractivity contribution in [3.63, 3.8) is 0 Å². The molecule has 108 valence electrons. The van der Waals surface area contributed by atoms with Gasteiger partial charge in [0, 0.05) is 15.4 Å². The molecule has 21 heavy (non-hydrogen) atoms. The van der Waals surface area contributed by atoms with E-state index in [1.165, 1.54) is 11.6 Å². The summed E-state index contributed by atoms with van der Waals surface area (Å²) < 4.78 is 20.8. The molecule has 1 atom stereocenters. The third kappa shape index (κ3) is 2.74. The summed E-state index contributed by atoms with van der Waals surface area (Å²) in [5, 5.41) is 4.15. The zero-order valence-electron chi connectivity index (χ0n) is 11.8. The van der Waals surface area contributed by atoms with E-state index in [0.717, 1.165) is 15.4 Å². The van der Waals surface area contributed by atoms with Crippen LogP contribution in [-0.2, 0) is 0 Å². The van der Waals surface area contributed by atoms with Crippen molar-refractivity contribution in [2.24, 2.45) is 0 Å². The number of hydrogen-bond acceptors (Lipinski definition) is 2. The van der Waals surface area contributed by atoms with Gasteiger partial charge in [0.15, 0.2) is 0 Å². The Morgan fingerprint density at radius 2 is 1.95 bits per heavy atom. The standard InChI is InChI=1S/C17H15BrFNO/c1-10-3-6-15-11(7-10)8-16(21-15)17(20-2)13-5-4-12(18)9-14(13)19/h3-9,17,20H,1-2H3. The van der Waals surface area contributed by atoms with Crippen LogP contribution < -0.4 is 5.32 Å². The van der Waals surface area contributed by atoms with Gasteiger partial charge in [-0.15, -0.1) is 0 Å². The van der Waals surface area contributed by atoms with Crippen LogP contribution in [0.3, 0.4) is 0 Å². The van der Waals surface area contributed by atoms with Crippen LogP contribution in [0.25, 0.3) is 11.0 Å². The van der Waals surface area contributed by atoms with Crippen LogP contribution in [0.4, 0.5) is 4.39 Å². The van der Waals surface area contributed by atoms with Crippen molar-refractivity contribution >= 4 is 26.9 Å². The largest absolute Gasteiger partial charge is 0.459 e. The fourth-order valence-corrected chi connectivity index (χ4v) is 2.85. The molecule has 0 amide bonds. The van der Waals surface area contributed by atoms with E-state index in [0.29, 0.717) is 11.3 Å². The third-order valence-electron chi connectivity index (χ3n) is 3.54. The minimum absolute atomic E-state index is 0.264. The number of furan rings is 1. The molecule has 0 radical (unpaired) electrons. The predicted octanol–water partition coefficient (Wildman–Crippen LogP) is 4.95. The molecule has 1 heterocycles. The van der Waals surface area contributed by atoms with E-state index in [1.807, 2.05) is 31.2 Å². The van der Waals surface area contributed by atoms with Crippen molar-refractivity contribution in [3.8, 4) is 0 Å². The molecule has 0 saturated carbocycles. The molecule has 0 fully saturated rings. The minimum Gasteiger partial charge on any atom is -0.459 e. The smallest absolute Gasteiger partial charge is 0.134 e. The second kappa shape index (κ2) is 5.62. The van der Waals surface area contributed by atoms with E-state index in [2.05, 4.69) is 27.3 Å². The van der Waals surface area contributed by atoms with E-state index in [9.17, 15) is 4.39 Å². The summed E-state index contributed by atoms with van der Waals surface area (Å²) in [4.78, 5) is 0. The highest BCUT2D eigenvalue weighted by Crippen LogP contribution is 2.30. The maximum atomic E-state index is 14.2. The fraction of sp³-hybridized carbons (Fsp3) is 0.176. The first kappa shape index (κ1) is 14.3. The zero-order valence-corrected chi connectivity index (χ0v) is 13.4. The summed E-state index contributed by atoms with van der Waals surface area (Å²) in [6.45, 7) is 2.04. The summed E-state index contributed by atoms with van der Waals surface area (Å²) in [7, 11) is 1.80. The lowest BCUT2D eigenvalue weighted by atomic mass is 10.0. The number of halogens is 2. The van der Waals surface area contributed by atoms with Gasteiger partial charge in [0.1, 0.15) is 17.2 Å². The molecule has 2 nitrogen and oxygen atoms in total. The van der Waals surface area contributed by atoms with Crippen LogP contribution in [0.15, 0.2) is 51.4 Å². The molecule has 0 aliphatic rings. The summed E-state index contributed by atoms with van der Waals surface area (Å²) >= 11 is 3.28. The highest BCUT2D eigenvalue weighted by atomic mass is 79.9. The molecule has 4 heteroatoms. The van der Waals surface area contributed by atoms with Gasteiger partial charge in [-0.2, -0.15) is 0 Å². The molecule has 1 N–H and O–H groups in total. The summed E-state index contributed by atoms with van der Waals surface area (Å²) in [6.07, 6.45) is 0. The van der Waals surface area contributed by atoms with Crippen molar-refractivity contribution in [1.82, 2.24) is 5.32 Å². The minimum atomic E-state index is -0.314. The number of fused-ring (bicyclic) bond motifs is 1. The fourth-order valence-electron chi connectivity index (χ4n) is 2.51. The number of nitrogens with one attached hydrogen (secondary N) is 1. The Hall–Kier alpha value is -1.65. The third-order valence-corrected chi connectivity index (χ3v) is 4.03. The Morgan fingerprint density at radius 3 is 2.67 bits per heavy atom. The maximum Gasteiger partial charge on any atom is 0.134 e. The normalized spacial score (nSPS) is 12.8. The van der Waals surface area contributed by atoms with Gasteiger partial charge in [-0.1, -0.05) is 33.6 Å². The molecule has 0 saturated heterocycles. The van der Waals surface area contributed by atoms with Gasteiger partial charge < -0.3 is 9.73 Å². The van der Waals surface area contributed by atoms with Crippen LogP contribution in [0.2, 0.25) is 0 Å². The number of aryl methyl sites for hydroxylation is 1. The quantitative estimate of drug-likeness (QED) is 0.724. The summed E-state index contributed by atoms with van der Waals surface area (Å²) in [5.41, 5.74) is 2.55. The van der Waals surface area contributed by atoms with Crippen LogP contribution in [0.5, 0.6) is 0 Å². The maximum absolute atomic E-state index is 14.2. The average molecular weight is 348 g/mol. The van der Waals surface area contributed by atoms with Gasteiger partial charge in [0.05, 0.1) is 6.04 Å². The number of rotatable bonds is 3. The van der Waals surface area contributed by atoms with Crippen molar-refractivity contribution < 1.29 is 8.81 Å². The topological polar surface area (TPSA) is 25.2 Å². The van der Waals surface area contributed by atoms with Gasteiger partial charge in [0.25, 0.3) is 0 Å². The predicted molar refractivity (Wildman–Crippen MR) is 86.0 cm³/mol. The summed E-state index contributed by atoms with van der Waals surface area (Å²) in [5.74, 6) is 0.444. The lowest BCUT2D eigenvalue weighted by Crippen LogP contribution is -2.18. The second-order valence-corrected chi connectivity index (χ2v) is 5.99. The van der Waals surface area contributed by atoms with Crippen LogP contribution >= 0.6 is 15.9 Å². The van der Waals surface area contributed by atoms with E-state index in [4.69, 9.17) is 4.42 Å². The molecular formula is C17H15BrFNO. The Labute approximate surface area is 131 Å². The lowest BCUT2D eigenvalue weighted by Gasteiger charge is -2.15. The van der Waals surface area contributed by atoms with E-state index >= 15 is 0 Å². The molecule has 0 aliphatic heterocycles. The van der Waals surface area contributed by atoms with Crippen molar-refractivity contribution in [2.45, 2.75) is 13.0 Å². The molecule has 0 aliphatic carbocycles.